The third-order valence-corrected chi connectivity index (χ3v) is 12.1. The molecule has 0 aromatic carbocycles. The van der Waals surface area contributed by atoms with E-state index in [1.807, 2.05) is 13.7 Å². The van der Waals surface area contributed by atoms with E-state index >= 15 is 0 Å². The Labute approximate surface area is 256 Å². The summed E-state index contributed by atoms with van der Waals surface area (Å²) in [5.74, 6) is 5.10. The summed E-state index contributed by atoms with van der Waals surface area (Å²) in [6, 6.07) is 0. The zero-order valence-electron chi connectivity index (χ0n) is 28.5. The number of carbonyl (C=O) groups excluding carboxylic acids is 1. The molecule has 3 fully saturated rings. The van der Waals surface area contributed by atoms with Crippen molar-refractivity contribution in [2.75, 3.05) is 13.8 Å². The van der Waals surface area contributed by atoms with Crippen molar-refractivity contribution in [3.05, 3.63) is 36.0 Å². The zero-order valence-corrected chi connectivity index (χ0v) is 28.5. The number of carbonyl (C=O) groups is 1. The van der Waals surface area contributed by atoms with E-state index < -0.39 is 0 Å². The summed E-state index contributed by atoms with van der Waals surface area (Å²) >= 11 is 0. The highest BCUT2D eigenvalue weighted by molar-refractivity contribution is 5.36. The first-order valence-corrected chi connectivity index (χ1v) is 16.8. The van der Waals surface area contributed by atoms with Gasteiger partial charge in [0.2, 0.25) is 0 Å². The highest BCUT2D eigenvalue weighted by Gasteiger charge is 2.62. The van der Waals surface area contributed by atoms with Crippen molar-refractivity contribution < 1.29 is 15.7 Å². The molecule has 0 bridgehead atoms. The summed E-state index contributed by atoms with van der Waals surface area (Å²) in [7, 11) is 1.00. The minimum Gasteiger partial charge on any atom is -0.400 e. The molecule has 41 heavy (non-hydrogen) atoms. The van der Waals surface area contributed by atoms with Crippen LogP contribution >= 0.6 is 0 Å². The molecule has 3 saturated carbocycles. The van der Waals surface area contributed by atoms with E-state index in [9.17, 15) is 4.39 Å². The summed E-state index contributed by atoms with van der Waals surface area (Å²) in [5.41, 5.74) is 4.53. The van der Waals surface area contributed by atoms with Crippen LogP contribution in [0.25, 0.3) is 0 Å². The van der Waals surface area contributed by atoms with Crippen LogP contribution in [0.15, 0.2) is 36.0 Å². The van der Waals surface area contributed by atoms with Crippen LogP contribution in [0.3, 0.4) is 0 Å². The third-order valence-electron chi connectivity index (χ3n) is 12.1. The van der Waals surface area contributed by atoms with Crippen LogP contribution in [-0.4, -0.2) is 25.7 Å². The normalized spacial score (nSPS) is 37.0. The molecule has 0 spiro atoms. The van der Waals surface area contributed by atoms with Gasteiger partial charge in [0.25, 0.3) is 0 Å². The summed E-state index contributed by atoms with van der Waals surface area (Å²) in [6.07, 6.45) is 22.1. The monoisotopic (exact) mass is 577 g/mol. The van der Waals surface area contributed by atoms with E-state index in [4.69, 9.17) is 9.90 Å². The number of halogens is 1. The Morgan fingerprint density at radius 3 is 2.22 bits per heavy atom. The standard InChI is InChI=1S/C33H55F.C3H6.CH4O.CH2O.H2/c1-8-11-24(13-10-22-34)25-16-20-32(6)27(23(25)3)18-21-33(7)29-17-19-31(4,5)28(12-9-2)26(29)14-15-30(32)33;1-3-2;2*1-2;/h11,16,23,26-30H,8-10,12-15,17-22H2,1-7H3;3H,1H2,2H3;2H,1H3;1H2;1H/b24-11+;;;;. The topological polar surface area (TPSA) is 37.3 Å². The number of aliphatic hydroxyl groups excluding tert-OH is 1. The van der Waals surface area contributed by atoms with Gasteiger partial charge in [-0.05, 0) is 140 Å². The molecule has 240 valence electrons. The number of allylic oxidation sites excluding steroid dienone is 5. The van der Waals surface area contributed by atoms with Gasteiger partial charge in [-0.25, -0.2) is 0 Å². The van der Waals surface area contributed by atoms with Crippen molar-refractivity contribution in [1.82, 2.24) is 0 Å². The van der Waals surface area contributed by atoms with Crippen LogP contribution < -0.4 is 0 Å². The lowest BCUT2D eigenvalue weighted by molar-refractivity contribution is -0.173. The third kappa shape index (κ3) is 7.84. The molecule has 4 aliphatic carbocycles. The molecule has 2 nitrogen and oxygen atoms in total. The van der Waals surface area contributed by atoms with Crippen molar-refractivity contribution >= 4 is 6.79 Å². The molecule has 0 heterocycles. The second-order valence-corrected chi connectivity index (χ2v) is 14.5. The predicted octanol–water partition coefficient (Wildman–Crippen LogP) is 11.2. The Hall–Kier alpha value is -1.22. The highest BCUT2D eigenvalue weighted by Crippen LogP contribution is 2.70. The maximum atomic E-state index is 13.0. The first kappa shape index (κ1) is 37.8. The molecule has 0 aliphatic heterocycles. The molecule has 4 rings (SSSR count). The van der Waals surface area contributed by atoms with Gasteiger partial charge >= 0.3 is 0 Å². The Morgan fingerprint density at radius 1 is 1.05 bits per heavy atom. The van der Waals surface area contributed by atoms with Crippen LogP contribution in [0.4, 0.5) is 4.39 Å². The van der Waals surface area contributed by atoms with E-state index in [-0.39, 0.29) is 8.10 Å². The van der Waals surface area contributed by atoms with Crippen LogP contribution in [0.2, 0.25) is 0 Å². The molecule has 0 radical (unpaired) electrons. The summed E-state index contributed by atoms with van der Waals surface area (Å²) in [5, 5.41) is 7.00. The average molecular weight is 577 g/mol. The lowest BCUT2D eigenvalue weighted by Crippen LogP contribution is -2.59. The molecule has 1 N–H and O–H groups in total. The van der Waals surface area contributed by atoms with Gasteiger partial charge < -0.3 is 9.90 Å². The average Bonchev–Trinajstić information content (AvgIpc) is 2.95. The fourth-order valence-electron chi connectivity index (χ4n) is 10.5. The maximum absolute atomic E-state index is 13.0. The number of fused-ring (bicyclic) bond motifs is 5. The molecule has 0 amide bonds. The Balaban J connectivity index is 0.00000194. The predicted molar refractivity (Wildman–Crippen MR) is 179 cm³/mol. The number of hydrogen-bond acceptors (Lipinski definition) is 2. The molecule has 4 aliphatic rings. The zero-order chi connectivity index (χ0) is 31.4. The largest absolute Gasteiger partial charge is 0.400 e. The Kier molecular flexibility index (Phi) is 15.8. The van der Waals surface area contributed by atoms with Crippen LogP contribution in [0.5, 0.6) is 0 Å². The molecular weight excluding hydrogens is 507 g/mol. The number of aliphatic hydroxyl groups is 1. The first-order chi connectivity index (χ1) is 19.5. The van der Waals surface area contributed by atoms with Gasteiger partial charge in [0.1, 0.15) is 6.79 Å². The lowest BCUT2D eigenvalue weighted by atomic mass is 9.37. The molecule has 8 atom stereocenters. The quantitative estimate of drug-likeness (QED) is 0.306. The summed E-state index contributed by atoms with van der Waals surface area (Å²) in [4.78, 5) is 8.00. The molecular formula is C38H69FO2. The lowest BCUT2D eigenvalue weighted by Gasteiger charge is -2.67. The molecule has 3 heteroatoms. The van der Waals surface area contributed by atoms with Gasteiger partial charge in [-0.3, -0.25) is 4.39 Å². The Morgan fingerprint density at radius 2 is 1.66 bits per heavy atom. The number of rotatable bonds is 7. The van der Waals surface area contributed by atoms with Crippen LogP contribution in [0.1, 0.15) is 134 Å². The second kappa shape index (κ2) is 17.2. The van der Waals surface area contributed by atoms with E-state index in [2.05, 4.69) is 67.2 Å². The fourth-order valence-corrected chi connectivity index (χ4v) is 10.5. The van der Waals surface area contributed by atoms with Gasteiger partial charge in [-0.1, -0.05) is 73.1 Å². The highest BCUT2D eigenvalue weighted by atomic mass is 19.1. The van der Waals surface area contributed by atoms with Gasteiger partial charge in [-0.15, -0.1) is 6.58 Å². The van der Waals surface area contributed by atoms with Crippen molar-refractivity contribution in [2.45, 2.75) is 132 Å². The Bertz CT molecular complexity index is 850. The molecule has 8 unspecified atom stereocenters. The maximum Gasteiger partial charge on any atom is 0.106 e. The van der Waals surface area contributed by atoms with Crippen LogP contribution in [0, 0.1) is 51.8 Å². The van der Waals surface area contributed by atoms with Crippen molar-refractivity contribution in [1.29, 1.82) is 0 Å². The summed E-state index contributed by atoms with van der Waals surface area (Å²) < 4.78 is 13.0. The van der Waals surface area contributed by atoms with E-state index in [0.29, 0.717) is 28.6 Å². The number of alkyl halides is 1. The number of hydrogen-bond donors (Lipinski definition) is 1. The first-order valence-electron chi connectivity index (χ1n) is 16.8. The SMILES string of the molecule is C=CC.C=O.CC/C=C(\CCCF)C1=CCC2(C)C(CCC3(C)C4CCC(C)(C)C(CCC)C4CCC23)C1C.CO.[HH]. The smallest absolute Gasteiger partial charge is 0.106 e. The van der Waals surface area contributed by atoms with Gasteiger partial charge in [-0.2, -0.15) is 0 Å². The minimum atomic E-state index is -0.192. The second-order valence-electron chi connectivity index (χ2n) is 14.5. The van der Waals surface area contributed by atoms with E-state index in [0.717, 1.165) is 49.5 Å². The van der Waals surface area contributed by atoms with Gasteiger partial charge in [0, 0.05) is 8.54 Å². The van der Waals surface area contributed by atoms with Gasteiger partial charge in [0.15, 0.2) is 0 Å². The summed E-state index contributed by atoms with van der Waals surface area (Å²) in [6.45, 7) is 24.8. The molecule has 0 aromatic heterocycles. The van der Waals surface area contributed by atoms with Crippen LogP contribution in [-0.2, 0) is 4.79 Å². The van der Waals surface area contributed by atoms with Crippen molar-refractivity contribution in [3.63, 3.8) is 0 Å². The molecule has 0 aromatic rings. The van der Waals surface area contributed by atoms with Crippen molar-refractivity contribution in [2.24, 2.45) is 51.8 Å². The molecule has 0 saturated heterocycles. The van der Waals surface area contributed by atoms with Crippen molar-refractivity contribution in [3.8, 4) is 0 Å². The van der Waals surface area contributed by atoms with Gasteiger partial charge in [0.05, 0.1) is 6.67 Å². The fraction of sp³-hybridized carbons (Fsp3) is 0.816. The van der Waals surface area contributed by atoms with E-state index in [1.54, 1.807) is 11.6 Å². The minimum absolute atomic E-state index is 0. The van der Waals surface area contributed by atoms with E-state index in [1.165, 1.54) is 63.4 Å².